The Hall–Kier alpha value is -4.14. The van der Waals surface area contributed by atoms with E-state index < -0.39 is 18.0 Å². The second-order valence-electron chi connectivity index (χ2n) is 8.60. The second kappa shape index (κ2) is 10.4. The first-order valence-corrected chi connectivity index (χ1v) is 11.5. The molecular weight excluding hydrogens is 448 g/mol. The van der Waals surface area contributed by atoms with Gasteiger partial charge in [-0.05, 0) is 28.2 Å². The molecule has 0 aliphatic heterocycles. The highest BCUT2D eigenvalue weighted by Gasteiger charge is 2.29. The highest BCUT2D eigenvalue weighted by molar-refractivity contribution is 6.00. The van der Waals surface area contributed by atoms with Gasteiger partial charge in [-0.1, -0.05) is 61.9 Å². The average Bonchev–Trinajstić information content (AvgIpc) is 3.37. The van der Waals surface area contributed by atoms with Crippen molar-refractivity contribution in [3.8, 4) is 11.1 Å². The van der Waals surface area contributed by atoms with Crippen LogP contribution in [0.15, 0.2) is 54.7 Å². The molecule has 3 aromatic rings. The lowest BCUT2D eigenvalue weighted by molar-refractivity contribution is -0.138. The maximum Gasteiger partial charge on any atom is 0.411 e. The number of fused-ring (bicyclic) bond motifs is 3. The van der Waals surface area contributed by atoms with Crippen molar-refractivity contribution < 1.29 is 24.2 Å². The molecule has 1 unspecified atom stereocenters. The van der Waals surface area contributed by atoms with E-state index in [1.54, 1.807) is 7.05 Å². The third-order valence-corrected chi connectivity index (χ3v) is 6.22. The molecule has 0 saturated carbocycles. The Morgan fingerprint density at radius 2 is 1.71 bits per heavy atom. The fourth-order valence-electron chi connectivity index (χ4n) is 4.42. The van der Waals surface area contributed by atoms with E-state index in [1.807, 2.05) is 43.3 Å². The fourth-order valence-corrected chi connectivity index (χ4v) is 4.42. The van der Waals surface area contributed by atoms with Gasteiger partial charge in [0.2, 0.25) is 0 Å². The lowest BCUT2D eigenvalue weighted by atomic mass is 9.98. The molecule has 9 heteroatoms. The van der Waals surface area contributed by atoms with E-state index in [4.69, 9.17) is 9.84 Å². The van der Waals surface area contributed by atoms with Gasteiger partial charge >= 0.3 is 12.1 Å². The van der Waals surface area contributed by atoms with Crippen LogP contribution < -0.4 is 10.6 Å². The molecule has 0 bridgehead atoms. The molecule has 2 aromatic carbocycles. The number of aliphatic carboxylic acids is 1. The number of carboxylic acids is 1. The van der Waals surface area contributed by atoms with Gasteiger partial charge in [-0.3, -0.25) is 19.6 Å². The molecule has 0 spiro atoms. The van der Waals surface area contributed by atoms with Crippen molar-refractivity contribution in [1.29, 1.82) is 0 Å². The minimum absolute atomic E-state index is 0.0335. The summed E-state index contributed by atoms with van der Waals surface area (Å²) in [5, 5.41) is 18.5. The summed E-state index contributed by atoms with van der Waals surface area (Å²) in [4.78, 5) is 36.3. The molecule has 35 heavy (non-hydrogen) atoms. The number of anilines is 1. The van der Waals surface area contributed by atoms with E-state index in [9.17, 15) is 14.4 Å². The van der Waals surface area contributed by atoms with Crippen LogP contribution in [0, 0.1) is 5.92 Å². The van der Waals surface area contributed by atoms with Crippen molar-refractivity contribution in [2.75, 3.05) is 18.5 Å². The summed E-state index contributed by atoms with van der Waals surface area (Å²) >= 11 is 0. The molecule has 3 N–H and O–H groups in total. The first-order valence-electron chi connectivity index (χ1n) is 11.5. The molecule has 1 atom stereocenters. The van der Waals surface area contributed by atoms with Gasteiger partial charge in [-0.25, -0.2) is 4.79 Å². The van der Waals surface area contributed by atoms with E-state index in [2.05, 4.69) is 27.9 Å². The summed E-state index contributed by atoms with van der Waals surface area (Å²) in [5.74, 6) is -1.69. The number of benzene rings is 2. The number of ether oxygens (including phenoxy) is 1. The van der Waals surface area contributed by atoms with Crippen molar-refractivity contribution in [2.45, 2.75) is 25.7 Å². The molecule has 1 aliphatic carbocycles. The number of aromatic nitrogens is 2. The van der Waals surface area contributed by atoms with Crippen molar-refractivity contribution in [3.63, 3.8) is 0 Å². The Labute approximate surface area is 203 Å². The van der Waals surface area contributed by atoms with Crippen LogP contribution in [0.25, 0.3) is 11.1 Å². The van der Waals surface area contributed by atoms with Gasteiger partial charge in [0.25, 0.3) is 5.91 Å². The summed E-state index contributed by atoms with van der Waals surface area (Å²) < 4.78 is 6.98. The van der Waals surface area contributed by atoms with Crippen molar-refractivity contribution in [1.82, 2.24) is 15.1 Å². The standard InChI is InChI=1S/C26H28N4O5/c1-3-16(12-23(31)32)13-27-25(33)24-22(14-30(2)29-24)28-26(34)35-15-21-19-10-6-4-8-17(19)18-9-5-7-11-20(18)21/h4-11,14,16,21H,3,12-13,15H2,1-2H3,(H,27,33)(H,28,34)(H,31,32). The lowest BCUT2D eigenvalue weighted by Crippen LogP contribution is -2.31. The fraction of sp³-hybridized carbons (Fsp3) is 0.308. The Kier molecular flexibility index (Phi) is 7.14. The third kappa shape index (κ3) is 5.34. The highest BCUT2D eigenvalue weighted by atomic mass is 16.5. The number of nitrogens with zero attached hydrogens (tertiary/aromatic N) is 2. The number of carbonyl (C=O) groups is 3. The molecule has 2 amide bonds. The normalized spacial score (nSPS) is 13.0. The van der Waals surface area contributed by atoms with Gasteiger partial charge in [0.15, 0.2) is 5.69 Å². The van der Waals surface area contributed by atoms with Crippen LogP contribution in [0.1, 0.15) is 47.3 Å². The predicted octanol–water partition coefficient (Wildman–Crippen LogP) is 4.01. The zero-order valence-electron chi connectivity index (χ0n) is 19.7. The first kappa shape index (κ1) is 24.0. The van der Waals surface area contributed by atoms with Crippen LogP contribution in [0.3, 0.4) is 0 Å². The molecule has 1 aromatic heterocycles. The molecule has 0 saturated heterocycles. The predicted molar refractivity (Wildman–Crippen MR) is 130 cm³/mol. The van der Waals surface area contributed by atoms with Crippen LogP contribution >= 0.6 is 0 Å². The van der Waals surface area contributed by atoms with Gasteiger partial charge in [-0.2, -0.15) is 5.10 Å². The Morgan fingerprint density at radius 1 is 1.09 bits per heavy atom. The Balaban J connectivity index is 1.40. The largest absolute Gasteiger partial charge is 0.481 e. The van der Waals surface area contributed by atoms with Crippen LogP contribution in [-0.2, 0) is 16.6 Å². The molecule has 0 radical (unpaired) electrons. The number of rotatable bonds is 9. The van der Waals surface area contributed by atoms with Crippen LogP contribution in [0.5, 0.6) is 0 Å². The molecule has 4 rings (SSSR count). The topological polar surface area (TPSA) is 123 Å². The Bertz CT molecular complexity index is 1210. The molecule has 0 fully saturated rings. The van der Waals surface area contributed by atoms with Gasteiger partial charge in [-0.15, -0.1) is 0 Å². The Morgan fingerprint density at radius 3 is 2.31 bits per heavy atom. The first-order chi connectivity index (χ1) is 16.9. The molecular formula is C26H28N4O5. The maximum absolute atomic E-state index is 12.7. The smallest absolute Gasteiger partial charge is 0.411 e. The quantitative estimate of drug-likeness (QED) is 0.429. The molecule has 9 nitrogen and oxygen atoms in total. The number of nitrogens with one attached hydrogen (secondary N) is 2. The number of carbonyl (C=O) groups excluding carboxylic acids is 2. The number of hydrogen-bond acceptors (Lipinski definition) is 5. The third-order valence-electron chi connectivity index (χ3n) is 6.22. The average molecular weight is 477 g/mol. The van der Waals surface area contributed by atoms with Crippen molar-refractivity contribution in [3.05, 3.63) is 71.5 Å². The van der Waals surface area contributed by atoms with Gasteiger partial charge < -0.3 is 15.2 Å². The monoisotopic (exact) mass is 476 g/mol. The highest BCUT2D eigenvalue weighted by Crippen LogP contribution is 2.44. The van der Waals surface area contributed by atoms with Gasteiger partial charge in [0.05, 0.1) is 5.69 Å². The van der Waals surface area contributed by atoms with E-state index in [1.165, 1.54) is 10.9 Å². The maximum atomic E-state index is 12.7. The summed E-state index contributed by atoms with van der Waals surface area (Å²) in [6.45, 7) is 2.21. The van der Waals surface area contributed by atoms with Crippen LogP contribution in [0.2, 0.25) is 0 Å². The minimum atomic E-state index is -0.915. The lowest BCUT2D eigenvalue weighted by Gasteiger charge is -2.15. The summed E-state index contributed by atoms with van der Waals surface area (Å²) in [5.41, 5.74) is 4.73. The van der Waals surface area contributed by atoms with E-state index >= 15 is 0 Å². The van der Waals surface area contributed by atoms with Crippen LogP contribution in [0.4, 0.5) is 10.5 Å². The number of hydrogen-bond donors (Lipinski definition) is 3. The van der Waals surface area contributed by atoms with Crippen molar-refractivity contribution >= 4 is 23.7 Å². The summed E-state index contributed by atoms with van der Waals surface area (Å²) in [6, 6.07) is 16.1. The van der Waals surface area contributed by atoms with E-state index in [0.29, 0.717) is 6.42 Å². The zero-order chi connectivity index (χ0) is 24.9. The second-order valence-corrected chi connectivity index (χ2v) is 8.60. The number of carboxylic acid groups (broad SMARTS) is 1. The summed E-state index contributed by atoms with van der Waals surface area (Å²) in [7, 11) is 1.64. The number of amides is 2. The van der Waals surface area contributed by atoms with Crippen molar-refractivity contribution in [2.24, 2.45) is 13.0 Å². The van der Waals surface area contributed by atoms with Crippen LogP contribution in [-0.4, -0.2) is 46.0 Å². The minimum Gasteiger partial charge on any atom is -0.481 e. The molecule has 1 aliphatic rings. The van der Waals surface area contributed by atoms with Gasteiger partial charge in [0.1, 0.15) is 6.61 Å². The zero-order valence-corrected chi connectivity index (χ0v) is 19.7. The summed E-state index contributed by atoms with van der Waals surface area (Å²) in [6.07, 6.45) is 1.40. The SMILES string of the molecule is CCC(CNC(=O)c1nn(C)cc1NC(=O)OCC1c2ccccc2-c2ccccc21)CC(=O)O. The number of aryl methyl sites for hydroxylation is 1. The molecule has 1 heterocycles. The van der Waals surface area contributed by atoms with E-state index in [0.717, 1.165) is 22.3 Å². The van der Waals surface area contributed by atoms with E-state index in [-0.39, 0.29) is 42.8 Å². The molecule has 182 valence electrons. The van der Waals surface area contributed by atoms with Gasteiger partial charge in [0, 0.05) is 32.1 Å².